The van der Waals surface area contributed by atoms with Crippen LogP contribution in [0.4, 0.5) is 5.69 Å². The first-order chi connectivity index (χ1) is 11.1. The molecular weight excluding hydrogens is 312 g/mol. The van der Waals surface area contributed by atoms with Gasteiger partial charge in [0.1, 0.15) is 0 Å². The number of rotatable bonds is 3. The van der Waals surface area contributed by atoms with E-state index in [0.717, 1.165) is 5.69 Å². The van der Waals surface area contributed by atoms with Crippen molar-refractivity contribution in [1.82, 2.24) is 4.90 Å². The van der Waals surface area contributed by atoms with Gasteiger partial charge in [0.05, 0.1) is 18.5 Å². The summed E-state index contributed by atoms with van der Waals surface area (Å²) in [6.45, 7) is 0.222. The third-order valence-electron chi connectivity index (χ3n) is 6.02. The van der Waals surface area contributed by atoms with Gasteiger partial charge in [0.2, 0.25) is 11.8 Å². The number of carbonyl (C=O) groups is 2. The molecule has 0 unspecified atom stereocenters. The van der Waals surface area contributed by atoms with Crippen molar-refractivity contribution in [2.45, 2.75) is 6.42 Å². The topological polar surface area (TPSA) is 49.4 Å². The molecule has 5 heteroatoms. The second-order valence-corrected chi connectivity index (χ2v) is 7.54. The summed E-state index contributed by atoms with van der Waals surface area (Å²) in [5.41, 5.74) is 0.817. The van der Waals surface area contributed by atoms with Gasteiger partial charge in [-0.25, -0.2) is 0 Å². The fourth-order valence-corrected chi connectivity index (χ4v) is 5.13. The molecule has 1 aliphatic heterocycles. The molecule has 6 atom stereocenters. The highest BCUT2D eigenvalue weighted by molar-refractivity contribution is 6.30. The largest absolute Gasteiger partial charge is 0.367 e. The van der Waals surface area contributed by atoms with Gasteiger partial charge in [0.25, 0.3) is 0 Å². The van der Waals surface area contributed by atoms with Gasteiger partial charge in [0, 0.05) is 10.7 Å². The number of nitrogens with one attached hydrogen (secondary N) is 1. The Morgan fingerprint density at radius 2 is 1.74 bits per heavy atom. The van der Waals surface area contributed by atoms with Gasteiger partial charge in [0.15, 0.2) is 0 Å². The summed E-state index contributed by atoms with van der Waals surface area (Å²) in [5.74, 6) is 1.60. The maximum atomic E-state index is 12.8. The Kier molecular flexibility index (Phi) is 2.72. The van der Waals surface area contributed by atoms with Crippen LogP contribution in [0.25, 0.3) is 0 Å². The molecule has 118 valence electrons. The molecule has 23 heavy (non-hydrogen) atoms. The zero-order valence-corrected chi connectivity index (χ0v) is 13.2. The quantitative estimate of drug-likeness (QED) is 0.685. The van der Waals surface area contributed by atoms with E-state index in [1.165, 1.54) is 11.3 Å². The predicted octanol–water partition coefficient (Wildman–Crippen LogP) is 2.76. The van der Waals surface area contributed by atoms with E-state index in [0.29, 0.717) is 16.9 Å². The Labute approximate surface area is 139 Å². The number of halogens is 1. The first-order valence-electron chi connectivity index (χ1n) is 8.18. The maximum Gasteiger partial charge on any atom is 0.235 e. The molecule has 2 bridgehead atoms. The minimum atomic E-state index is -0.123. The van der Waals surface area contributed by atoms with E-state index in [1.807, 2.05) is 12.1 Å². The van der Waals surface area contributed by atoms with Gasteiger partial charge in [-0.3, -0.25) is 14.5 Å². The lowest BCUT2D eigenvalue weighted by molar-refractivity contribution is -0.139. The van der Waals surface area contributed by atoms with Gasteiger partial charge in [-0.05, 0) is 48.3 Å². The lowest BCUT2D eigenvalue weighted by Crippen LogP contribution is -2.40. The van der Waals surface area contributed by atoms with Crippen LogP contribution >= 0.6 is 11.6 Å². The van der Waals surface area contributed by atoms with Crippen LogP contribution in [-0.2, 0) is 9.59 Å². The number of benzene rings is 1. The number of hydrogen-bond donors (Lipinski definition) is 1. The fourth-order valence-electron chi connectivity index (χ4n) is 4.94. The lowest BCUT2D eigenvalue weighted by Gasteiger charge is -2.37. The van der Waals surface area contributed by atoms with Crippen LogP contribution in [0, 0.1) is 35.5 Å². The molecule has 0 radical (unpaired) electrons. The van der Waals surface area contributed by atoms with Gasteiger partial charge >= 0.3 is 0 Å². The summed E-state index contributed by atoms with van der Waals surface area (Å²) in [7, 11) is 0. The predicted molar refractivity (Wildman–Crippen MR) is 86.5 cm³/mol. The van der Waals surface area contributed by atoms with Crippen molar-refractivity contribution in [3.8, 4) is 0 Å². The maximum absolute atomic E-state index is 12.8. The number of imide groups is 1. The summed E-state index contributed by atoms with van der Waals surface area (Å²) >= 11 is 5.97. The molecule has 1 N–H and O–H groups in total. The summed E-state index contributed by atoms with van der Waals surface area (Å²) in [6.07, 6.45) is 5.58. The Morgan fingerprint density at radius 3 is 2.35 bits per heavy atom. The monoisotopic (exact) mass is 328 g/mol. The summed E-state index contributed by atoms with van der Waals surface area (Å²) in [4.78, 5) is 27.0. The van der Waals surface area contributed by atoms with Gasteiger partial charge in [-0.1, -0.05) is 29.8 Å². The van der Waals surface area contributed by atoms with E-state index in [-0.39, 0.29) is 42.2 Å². The molecule has 2 amide bonds. The van der Waals surface area contributed by atoms with Crippen LogP contribution in [0.2, 0.25) is 5.02 Å². The van der Waals surface area contributed by atoms with Crippen LogP contribution in [0.15, 0.2) is 36.4 Å². The fraction of sp³-hybridized carbons (Fsp3) is 0.444. The van der Waals surface area contributed by atoms with Crippen molar-refractivity contribution in [2.24, 2.45) is 35.5 Å². The molecule has 0 aromatic heterocycles. The SMILES string of the molecule is O=C1[C@H]2[C@@H]3C=C[C@H]([C@H]4C[C@H]34)[C@@H]2C(=O)N1CNc1cccc(Cl)c1. The molecule has 1 aromatic carbocycles. The standard InChI is InChI=1S/C18H17ClN2O2/c19-9-2-1-3-10(6-9)20-8-21-17(22)15-11-4-5-12(14-7-13(11)14)16(15)18(21)23/h1-6,11-16,20H,7-8H2/t11-,12-,13-,14-,15+,16+/m1/s1. The smallest absolute Gasteiger partial charge is 0.235 e. The molecule has 4 aliphatic carbocycles. The zero-order valence-electron chi connectivity index (χ0n) is 12.5. The molecule has 1 aromatic rings. The third kappa shape index (κ3) is 1.84. The molecule has 1 heterocycles. The number of allylic oxidation sites excluding steroid dienone is 2. The van der Waals surface area contributed by atoms with Crippen molar-refractivity contribution in [3.63, 3.8) is 0 Å². The first-order valence-corrected chi connectivity index (χ1v) is 8.56. The zero-order chi connectivity index (χ0) is 15.7. The van der Waals surface area contributed by atoms with Crippen molar-refractivity contribution in [3.05, 3.63) is 41.4 Å². The minimum Gasteiger partial charge on any atom is -0.367 e. The van der Waals surface area contributed by atoms with Crippen LogP contribution in [0.3, 0.4) is 0 Å². The number of nitrogens with zero attached hydrogens (tertiary/aromatic N) is 1. The first kappa shape index (κ1) is 13.6. The number of likely N-dealkylation sites (tertiary alicyclic amines) is 1. The Bertz CT molecular complexity index is 710. The normalized spacial score (nSPS) is 39.4. The van der Waals surface area contributed by atoms with E-state index in [4.69, 9.17) is 11.6 Å². The minimum absolute atomic E-state index is 0.000715. The van der Waals surface area contributed by atoms with Crippen molar-refractivity contribution >= 4 is 29.1 Å². The summed E-state index contributed by atoms with van der Waals surface area (Å²) in [6, 6.07) is 7.31. The van der Waals surface area contributed by atoms with E-state index in [1.54, 1.807) is 12.1 Å². The lowest BCUT2D eigenvalue weighted by atomic mass is 9.63. The Morgan fingerprint density at radius 1 is 1.09 bits per heavy atom. The van der Waals surface area contributed by atoms with Gasteiger partial charge in [-0.15, -0.1) is 0 Å². The number of carbonyl (C=O) groups excluding carboxylic acids is 2. The number of anilines is 1. The van der Waals surface area contributed by atoms with E-state index >= 15 is 0 Å². The number of amides is 2. The van der Waals surface area contributed by atoms with Crippen LogP contribution < -0.4 is 5.32 Å². The summed E-state index contributed by atoms with van der Waals surface area (Å²) < 4.78 is 0. The number of hydrogen-bond acceptors (Lipinski definition) is 3. The highest BCUT2D eigenvalue weighted by atomic mass is 35.5. The van der Waals surface area contributed by atoms with E-state index < -0.39 is 0 Å². The highest BCUT2D eigenvalue weighted by Crippen LogP contribution is 2.65. The highest BCUT2D eigenvalue weighted by Gasteiger charge is 2.66. The third-order valence-corrected chi connectivity index (χ3v) is 6.26. The Hall–Kier alpha value is -1.81. The molecule has 2 saturated carbocycles. The molecule has 3 fully saturated rings. The second-order valence-electron chi connectivity index (χ2n) is 7.10. The van der Waals surface area contributed by atoms with Crippen molar-refractivity contribution in [1.29, 1.82) is 0 Å². The van der Waals surface area contributed by atoms with E-state index in [9.17, 15) is 9.59 Å². The van der Waals surface area contributed by atoms with Crippen molar-refractivity contribution < 1.29 is 9.59 Å². The van der Waals surface area contributed by atoms with Crippen LogP contribution in [-0.4, -0.2) is 23.4 Å². The van der Waals surface area contributed by atoms with Gasteiger partial charge in [-0.2, -0.15) is 0 Å². The molecule has 0 spiro atoms. The average Bonchev–Trinajstić information content (AvgIpc) is 3.32. The van der Waals surface area contributed by atoms with Crippen LogP contribution in [0.5, 0.6) is 0 Å². The molecular formula is C18H17ClN2O2. The molecule has 6 rings (SSSR count). The van der Waals surface area contributed by atoms with Crippen molar-refractivity contribution in [2.75, 3.05) is 12.0 Å². The summed E-state index contributed by atoms with van der Waals surface area (Å²) in [5, 5.41) is 3.78. The van der Waals surface area contributed by atoms with Gasteiger partial charge < -0.3 is 5.32 Å². The molecule has 4 nitrogen and oxygen atoms in total. The Balaban J connectivity index is 1.37. The van der Waals surface area contributed by atoms with Crippen LogP contribution in [0.1, 0.15) is 6.42 Å². The molecule has 1 saturated heterocycles. The second kappa shape index (κ2) is 4.60. The van der Waals surface area contributed by atoms with E-state index in [2.05, 4.69) is 17.5 Å². The molecule has 5 aliphatic rings. The average molecular weight is 329 g/mol.